The smallest absolute Gasteiger partial charge is 0.222 e. The molecule has 1 amide bonds. The Morgan fingerprint density at radius 3 is 2.57 bits per heavy atom. The molecule has 0 bridgehead atoms. The highest BCUT2D eigenvalue weighted by atomic mass is 16.3. The van der Waals surface area contributed by atoms with Crippen LogP contribution in [-0.4, -0.2) is 35.6 Å². The fourth-order valence-electron chi connectivity index (χ4n) is 8.56. The van der Waals surface area contributed by atoms with E-state index < -0.39 is 5.60 Å². The summed E-state index contributed by atoms with van der Waals surface area (Å²) >= 11 is 0. The highest BCUT2D eigenvalue weighted by Gasteiger charge is 2.59. The maximum atomic E-state index is 12.1. The lowest BCUT2D eigenvalue weighted by Crippen LogP contribution is -2.52. The Bertz CT molecular complexity index is 710. The van der Waals surface area contributed by atoms with Gasteiger partial charge in [-0.05, 0) is 105 Å². The SMILES string of the molecule is CC(CCC(=O)N(C)C)[C@H]1CC[C@H]2[C@@H]3CC=C4C[C@@](C)(O)CC[C@]4(C)[C@H]3CC[C@]12C. The average molecular weight is 416 g/mol. The van der Waals surface area contributed by atoms with E-state index >= 15 is 0 Å². The normalized spacial score (nSPS) is 46.3. The summed E-state index contributed by atoms with van der Waals surface area (Å²) in [5, 5.41) is 10.7. The van der Waals surface area contributed by atoms with Gasteiger partial charge in [-0.1, -0.05) is 32.4 Å². The van der Waals surface area contributed by atoms with Crippen molar-refractivity contribution in [1.82, 2.24) is 4.90 Å². The van der Waals surface area contributed by atoms with Gasteiger partial charge in [-0.3, -0.25) is 4.79 Å². The summed E-state index contributed by atoms with van der Waals surface area (Å²) in [7, 11) is 3.74. The predicted octanol–water partition coefficient (Wildman–Crippen LogP) is 5.82. The van der Waals surface area contributed by atoms with Crippen molar-refractivity contribution in [2.45, 2.75) is 97.5 Å². The molecule has 3 fully saturated rings. The highest BCUT2D eigenvalue weighted by molar-refractivity contribution is 5.75. The van der Waals surface area contributed by atoms with E-state index in [4.69, 9.17) is 0 Å². The van der Waals surface area contributed by atoms with E-state index in [0.29, 0.717) is 23.2 Å². The maximum Gasteiger partial charge on any atom is 0.222 e. The lowest BCUT2D eigenvalue weighted by Gasteiger charge is -2.59. The van der Waals surface area contributed by atoms with Crippen LogP contribution in [0.2, 0.25) is 0 Å². The lowest BCUT2D eigenvalue weighted by atomic mass is 9.46. The molecule has 4 rings (SSSR count). The van der Waals surface area contributed by atoms with Gasteiger partial charge in [0.05, 0.1) is 5.60 Å². The van der Waals surface area contributed by atoms with E-state index in [9.17, 15) is 9.90 Å². The summed E-state index contributed by atoms with van der Waals surface area (Å²) in [4.78, 5) is 13.9. The quantitative estimate of drug-likeness (QED) is 0.588. The van der Waals surface area contributed by atoms with Gasteiger partial charge >= 0.3 is 0 Å². The molecule has 0 aromatic rings. The van der Waals surface area contributed by atoms with E-state index in [2.05, 4.69) is 26.8 Å². The molecule has 0 radical (unpaired) electrons. The Labute approximate surface area is 184 Å². The first-order valence-corrected chi connectivity index (χ1v) is 12.6. The van der Waals surface area contributed by atoms with E-state index in [0.717, 1.165) is 49.4 Å². The van der Waals surface area contributed by atoms with E-state index in [1.54, 1.807) is 10.5 Å². The van der Waals surface area contributed by atoms with Crippen molar-refractivity contribution < 1.29 is 9.90 Å². The Kier molecular flexibility index (Phi) is 5.70. The second-order valence-corrected chi connectivity index (χ2v) is 12.5. The molecule has 3 nitrogen and oxygen atoms in total. The third-order valence-corrected chi connectivity index (χ3v) is 10.5. The average Bonchev–Trinajstić information content (AvgIpc) is 3.03. The van der Waals surface area contributed by atoms with Gasteiger partial charge in [0.2, 0.25) is 5.91 Å². The van der Waals surface area contributed by atoms with Gasteiger partial charge in [-0.25, -0.2) is 0 Å². The highest BCUT2D eigenvalue weighted by Crippen LogP contribution is 2.67. The van der Waals surface area contributed by atoms with Crippen LogP contribution in [0.5, 0.6) is 0 Å². The van der Waals surface area contributed by atoms with Crippen LogP contribution < -0.4 is 0 Å². The second-order valence-electron chi connectivity index (χ2n) is 12.5. The number of fused-ring (bicyclic) bond motifs is 5. The Morgan fingerprint density at radius 2 is 1.87 bits per heavy atom. The van der Waals surface area contributed by atoms with Gasteiger partial charge < -0.3 is 10.0 Å². The molecule has 1 unspecified atom stereocenters. The number of carbonyl (C=O) groups is 1. The predicted molar refractivity (Wildman–Crippen MR) is 123 cm³/mol. The molecule has 0 aromatic heterocycles. The molecule has 0 aromatic carbocycles. The van der Waals surface area contributed by atoms with E-state index in [-0.39, 0.29) is 5.91 Å². The van der Waals surface area contributed by atoms with Crippen LogP contribution in [0.3, 0.4) is 0 Å². The summed E-state index contributed by atoms with van der Waals surface area (Å²) in [6, 6.07) is 0. The van der Waals surface area contributed by atoms with E-state index in [1.807, 2.05) is 21.0 Å². The molecule has 30 heavy (non-hydrogen) atoms. The number of aliphatic hydroxyl groups is 1. The standard InChI is InChI=1S/C27H45NO2/c1-18(7-12-24(29)28(5)6)21-10-11-22-20-9-8-19-17-25(2,30)15-16-26(19,3)23(20)13-14-27(21,22)4/h8,18,20-23,30H,7,9-17H2,1-6H3/t18?,20-,21+,22-,23-,25-,26-,27+/m0/s1. The molecule has 0 heterocycles. The second kappa shape index (κ2) is 7.64. The fraction of sp³-hybridized carbons (Fsp3) is 0.889. The lowest BCUT2D eigenvalue weighted by molar-refractivity contribution is -0.129. The Hall–Kier alpha value is -0.830. The number of amides is 1. The minimum absolute atomic E-state index is 0.274. The zero-order valence-electron chi connectivity index (χ0n) is 20.3. The molecule has 4 aliphatic rings. The molecular weight excluding hydrogens is 370 g/mol. The number of hydrogen-bond acceptors (Lipinski definition) is 2. The Morgan fingerprint density at radius 1 is 1.13 bits per heavy atom. The topological polar surface area (TPSA) is 40.5 Å². The van der Waals surface area contributed by atoms with Crippen LogP contribution in [0, 0.1) is 40.4 Å². The van der Waals surface area contributed by atoms with Gasteiger partial charge in [-0.2, -0.15) is 0 Å². The summed E-state index contributed by atoms with van der Waals surface area (Å²) in [6.07, 6.45) is 13.9. The molecule has 0 aliphatic heterocycles. The molecule has 3 heteroatoms. The van der Waals surface area contributed by atoms with Crippen molar-refractivity contribution in [3.63, 3.8) is 0 Å². The third-order valence-electron chi connectivity index (χ3n) is 10.5. The van der Waals surface area contributed by atoms with Crippen LogP contribution in [0.25, 0.3) is 0 Å². The number of allylic oxidation sites excluding steroid dienone is 1. The Balaban J connectivity index is 1.50. The summed E-state index contributed by atoms with van der Waals surface area (Å²) < 4.78 is 0. The molecule has 0 spiro atoms. The van der Waals surface area contributed by atoms with Gasteiger partial charge in [0.15, 0.2) is 0 Å². The van der Waals surface area contributed by atoms with Crippen molar-refractivity contribution in [3.8, 4) is 0 Å². The van der Waals surface area contributed by atoms with Crippen molar-refractivity contribution in [2.75, 3.05) is 14.1 Å². The number of nitrogens with zero attached hydrogens (tertiary/aromatic N) is 1. The van der Waals surface area contributed by atoms with Gasteiger partial charge in [0, 0.05) is 20.5 Å². The molecule has 0 saturated heterocycles. The maximum absolute atomic E-state index is 12.1. The van der Waals surface area contributed by atoms with Crippen LogP contribution in [-0.2, 0) is 4.79 Å². The molecule has 170 valence electrons. The largest absolute Gasteiger partial charge is 0.390 e. The van der Waals surface area contributed by atoms with Crippen LogP contribution in [0.15, 0.2) is 11.6 Å². The van der Waals surface area contributed by atoms with Crippen molar-refractivity contribution in [1.29, 1.82) is 0 Å². The minimum Gasteiger partial charge on any atom is -0.390 e. The number of carbonyl (C=O) groups excluding carboxylic acids is 1. The molecule has 4 aliphatic carbocycles. The molecular formula is C27H45NO2. The minimum atomic E-state index is -0.501. The monoisotopic (exact) mass is 415 g/mol. The zero-order chi connectivity index (χ0) is 21.9. The van der Waals surface area contributed by atoms with Crippen LogP contribution in [0.4, 0.5) is 0 Å². The molecule has 1 N–H and O–H groups in total. The van der Waals surface area contributed by atoms with Crippen LogP contribution in [0.1, 0.15) is 91.9 Å². The first-order chi connectivity index (χ1) is 14.0. The van der Waals surface area contributed by atoms with E-state index in [1.165, 1.54) is 32.1 Å². The van der Waals surface area contributed by atoms with Crippen LogP contribution >= 0.6 is 0 Å². The zero-order valence-corrected chi connectivity index (χ0v) is 20.3. The van der Waals surface area contributed by atoms with Crippen molar-refractivity contribution in [3.05, 3.63) is 11.6 Å². The van der Waals surface area contributed by atoms with Gasteiger partial charge in [-0.15, -0.1) is 0 Å². The first-order valence-electron chi connectivity index (χ1n) is 12.6. The fourth-order valence-corrected chi connectivity index (χ4v) is 8.56. The first kappa shape index (κ1) is 22.4. The summed E-state index contributed by atoms with van der Waals surface area (Å²) in [6.45, 7) is 9.57. The van der Waals surface area contributed by atoms with Gasteiger partial charge in [0.1, 0.15) is 0 Å². The van der Waals surface area contributed by atoms with Crippen molar-refractivity contribution in [2.24, 2.45) is 40.4 Å². The molecule has 8 atom stereocenters. The third kappa shape index (κ3) is 3.57. The summed E-state index contributed by atoms with van der Waals surface area (Å²) in [5.41, 5.74) is 1.82. The van der Waals surface area contributed by atoms with Crippen molar-refractivity contribution >= 4 is 5.91 Å². The van der Waals surface area contributed by atoms with Gasteiger partial charge in [0.25, 0.3) is 0 Å². The number of hydrogen-bond donors (Lipinski definition) is 1. The summed E-state index contributed by atoms with van der Waals surface area (Å²) in [5.74, 6) is 4.14. The molecule has 3 saturated carbocycles. The number of rotatable bonds is 4.